The van der Waals surface area contributed by atoms with Crippen molar-refractivity contribution >= 4 is 0 Å². The maximum Gasteiger partial charge on any atom is -0.0133 e. The molecule has 0 aromatic heterocycles. The molecule has 0 aliphatic heterocycles. The molecule has 1 rings (SSSR count). The monoisotopic (exact) mass is 121 g/mol. The first-order chi connectivity index (χ1) is 4.43. The van der Waals surface area contributed by atoms with Crippen molar-refractivity contribution in [1.29, 1.82) is 0 Å². The van der Waals surface area contributed by atoms with E-state index in [9.17, 15) is 0 Å². The molecule has 0 aromatic carbocycles. The van der Waals surface area contributed by atoms with Crippen LogP contribution in [0, 0.1) is 6.08 Å². The highest BCUT2D eigenvalue weighted by atomic mass is 14.1. The molecule has 0 saturated carbocycles. The Morgan fingerprint density at radius 2 is 2.33 bits per heavy atom. The van der Waals surface area contributed by atoms with E-state index in [2.05, 4.69) is 25.2 Å². The minimum absolute atomic E-state index is 1.15. The van der Waals surface area contributed by atoms with Gasteiger partial charge in [0.15, 0.2) is 0 Å². The van der Waals surface area contributed by atoms with Crippen LogP contribution in [0.5, 0.6) is 0 Å². The van der Waals surface area contributed by atoms with Crippen molar-refractivity contribution in [2.75, 3.05) is 0 Å². The molecule has 0 fully saturated rings. The topological polar surface area (TPSA) is 0 Å². The maximum absolute atomic E-state index is 3.27. The normalized spacial score (nSPS) is 17.7. The summed E-state index contributed by atoms with van der Waals surface area (Å²) in [5, 5.41) is 0. The Hall–Kier alpha value is -0.520. The van der Waals surface area contributed by atoms with Gasteiger partial charge in [0.1, 0.15) is 0 Å². The molecular formula is C9H13. The smallest absolute Gasteiger partial charge is 0.0133 e. The lowest BCUT2D eigenvalue weighted by Gasteiger charge is -2.09. The summed E-state index contributed by atoms with van der Waals surface area (Å²) in [4.78, 5) is 0. The highest BCUT2D eigenvalue weighted by Gasteiger charge is 2.02. The predicted molar refractivity (Wildman–Crippen MR) is 40.0 cm³/mol. The van der Waals surface area contributed by atoms with Crippen LogP contribution < -0.4 is 0 Å². The molecule has 0 aromatic rings. The van der Waals surface area contributed by atoms with Crippen LogP contribution in [0.3, 0.4) is 0 Å². The van der Waals surface area contributed by atoms with E-state index in [1.54, 1.807) is 0 Å². The number of hydrogen-bond donors (Lipinski definition) is 0. The molecule has 0 amide bonds. The second kappa shape index (κ2) is 3.49. The van der Waals surface area contributed by atoms with Crippen LogP contribution in [-0.2, 0) is 0 Å². The third-order valence-electron chi connectivity index (χ3n) is 1.57. The second-order valence-electron chi connectivity index (χ2n) is 2.36. The van der Waals surface area contributed by atoms with Gasteiger partial charge in [0.05, 0.1) is 0 Å². The summed E-state index contributed by atoms with van der Waals surface area (Å²) in [6, 6.07) is 0. The van der Waals surface area contributed by atoms with Gasteiger partial charge in [-0.25, -0.2) is 0 Å². The van der Waals surface area contributed by atoms with Gasteiger partial charge < -0.3 is 0 Å². The summed E-state index contributed by atoms with van der Waals surface area (Å²) in [5.41, 5.74) is 1.50. The quantitative estimate of drug-likeness (QED) is 0.504. The molecule has 0 heterocycles. The van der Waals surface area contributed by atoms with Crippen LogP contribution in [-0.4, -0.2) is 0 Å². The van der Waals surface area contributed by atoms with Gasteiger partial charge in [-0.05, 0) is 31.8 Å². The fraction of sp³-hybridized carbons (Fsp3) is 0.556. The van der Waals surface area contributed by atoms with Gasteiger partial charge in [-0.15, -0.1) is 0 Å². The number of rotatable bonds is 3. The zero-order valence-electron chi connectivity index (χ0n) is 5.98. The molecule has 1 radical (unpaired) electrons. The molecule has 0 spiro atoms. The molecule has 9 heavy (non-hydrogen) atoms. The average Bonchev–Trinajstić information content (AvgIpc) is 1.76. The molecular weight excluding hydrogens is 108 g/mol. The van der Waals surface area contributed by atoms with Gasteiger partial charge in [-0.3, -0.25) is 0 Å². The molecule has 0 nitrogen and oxygen atoms in total. The zero-order valence-corrected chi connectivity index (χ0v) is 5.98. The fourth-order valence-corrected chi connectivity index (χ4v) is 0.868. The van der Waals surface area contributed by atoms with E-state index < -0.39 is 0 Å². The first-order valence-electron chi connectivity index (χ1n) is 3.67. The van der Waals surface area contributed by atoms with E-state index >= 15 is 0 Å². The summed E-state index contributed by atoms with van der Waals surface area (Å²) in [7, 11) is 0. The maximum atomic E-state index is 3.27. The Morgan fingerprint density at radius 3 is 2.78 bits per heavy atom. The summed E-state index contributed by atoms with van der Waals surface area (Å²) in [6.07, 6.45) is 12.5. The third kappa shape index (κ3) is 2.05. The Morgan fingerprint density at radius 1 is 1.56 bits per heavy atom. The van der Waals surface area contributed by atoms with E-state index in [1.807, 2.05) is 0 Å². The van der Waals surface area contributed by atoms with Crippen molar-refractivity contribution in [3.8, 4) is 0 Å². The van der Waals surface area contributed by atoms with Crippen molar-refractivity contribution in [2.45, 2.75) is 32.6 Å². The minimum Gasteiger partial charge on any atom is -0.0885 e. The number of hydrogen-bond acceptors (Lipinski definition) is 0. The lowest BCUT2D eigenvalue weighted by Crippen LogP contribution is -1.91. The van der Waals surface area contributed by atoms with Crippen molar-refractivity contribution in [3.05, 3.63) is 23.8 Å². The third-order valence-corrected chi connectivity index (χ3v) is 1.57. The molecule has 0 saturated heterocycles. The Kier molecular flexibility index (Phi) is 2.56. The largest absolute Gasteiger partial charge is 0.0885 e. The van der Waals surface area contributed by atoms with Crippen molar-refractivity contribution in [3.63, 3.8) is 0 Å². The summed E-state index contributed by atoms with van der Waals surface area (Å²) in [6.45, 7) is 2.16. The lowest BCUT2D eigenvalue weighted by molar-refractivity contribution is 0.812. The molecule has 0 heteroatoms. The first kappa shape index (κ1) is 6.60. The van der Waals surface area contributed by atoms with E-state index in [4.69, 9.17) is 0 Å². The second-order valence-corrected chi connectivity index (χ2v) is 2.36. The van der Waals surface area contributed by atoms with E-state index in [0.717, 1.165) is 12.8 Å². The molecule has 0 N–H and O–H groups in total. The van der Waals surface area contributed by atoms with Gasteiger partial charge in [-0.1, -0.05) is 24.6 Å². The Balaban J connectivity index is 2.11. The minimum atomic E-state index is 1.15. The van der Waals surface area contributed by atoms with Gasteiger partial charge >= 0.3 is 0 Å². The standard InChI is InChI=1S/C9H13/c1-2-3-4-6-9-7-5-8-9/h3-4H,2,5-7H2,1H3. The molecule has 49 valence electrons. The fourth-order valence-electron chi connectivity index (χ4n) is 0.868. The first-order valence-corrected chi connectivity index (χ1v) is 3.67. The van der Waals surface area contributed by atoms with Crippen LogP contribution >= 0.6 is 0 Å². The Bertz CT molecular complexity index is 129. The van der Waals surface area contributed by atoms with Gasteiger partial charge in [-0.2, -0.15) is 0 Å². The number of allylic oxidation sites excluding steroid dienone is 4. The highest BCUT2D eigenvalue weighted by molar-refractivity contribution is 5.10. The molecule has 0 unspecified atom stereocenters. The van der Waals surface area contributed by atoms with Crippen LogP contribution in [0.1, 0.15) is 32.6 Å². The van der Waals surface area contributed by atoms with Crippen LogP contribution in [0.25, 0.3) is 0 Å². The van der Waals surface area contributed by atoms with Crippen molar-refractivity contribution in [1.82, 2.24) is 0 Å². The van der Waals surface area contributed by atoms with Gasteiger partial charge in [0.25, 0.3) is 0 Å². The van der Waals surface area contributed by atoms with Crippen LogP contribution in [0.15, 0.2) is 17.7 Å². The van der Waals surface area contributed by atoms with Gasteiger partial charge in [0.2, 0.25) is 0 Å². The molecule has 1 aliphatic rings. The average molecular weight is 121 g/mol. The summed E-state index contributed by atoms with van der Waals surface area (Å²) < 4.78 is 0. The van der Waals surface area contributed by atoms with Gasteiger partial charge in [0, 0.05) is 0 Å². The Labute approximate surface area is 57.3 Å². The summed E-state index contributed by atoms with van der Waals surface area (Å²) in [5.74, 6) is 0. The lowest BCUT2D eigenvalue weighted by atomic mass is 9.96. The highest BCUT2D eigenvalue weighted by Crippen LogP contribution is 2.20. The van der Waals surface area contributed by atoms with Crippen LogP contribution in [0.4, 0.5) is 0 Å². The summed E-state index contributed by atoms with van der Waals surface area (Å²) >= 11 is 0. The molecule has 1 aliphatic carbocycles. The van der Waals surface area contributed by atoms with E-state index in [-0.39, 0.29) is 0 Å². The van der Waals surface area contributed by atoms with E-state index in [1.165, 1.54) is 18.4 Å². The SMILES string of the molecule is CCC=CCC1=[C]CC1. The molecule has 0 bridgehead atoms. The zero-order chi connectivity index (χ0) is 6.53. The van der Waals surface area contributed by atoms with Crippen molar-refractivity contribution < 1.29 is 0 Å². The molecule has 0 atom stereocenters. The van der Waals surface area contributed by atoms with E-state index in [0.29, 0.717) is 0 Å². The van der Waals surface area contributed by atoms with Crippen LogP contribution in [0.2, 0.25) is 0 Å². The van der Waals surface area contributed by atoms with Crippen molar-refractivity contribution in [2.24, 2.45) is 0 Å². The predicted octanol–water partition coefficient (Wildman–Crippen LogP) is 2.87.